The molecule has 2 rings (SSSR count). The third-order valence-corrected chi connectivity index (χ3v) is 3.41. The molecular formula is C15H21N. The van der Waals surface area contributed by atoms with Crippen molar-refractivity contribution in [3.05, 3.63) is 41.0 Å². The van der Waals surface area contributed by atoms with E-state index in [9.17, 15) is 0 Å². The van der Waals surface area contributed by atoms with Gasteiger partial charge in [-0.2, -0.15) is 0 Å². The predicted molar refractivity (Wildman–Crippen MR) is 70.5 cm³/mol. The topological polar surface area (TPSA) is 12.0 Å². The highest BCUT2D eigenvalue weighted by atomic mass is 14.9. The molecule has 0 spiro atoms. The van der Waals surface area contributed by atoms with E-state index >= 15 is 0 Å². The Bertz CT molecular complexity index is 353. The van der Waals surface area contributed by atoms with Crippen molar-refractivity contribution < 1.29 is 0 Å². The van der Waals surface area contributed by atoms with Gasteiger partial charge in [-0.15, -0.1) is 0 Å². The smallest absolute Gasteiger partial charge is 0.00143 e. The van der Waals surface area contributed by atoms with Gasteiger partial charge in [0, 0.05) is 6.54 Å². The molecule has 1 heterocycles. The molecule has 1 nitrogen and oxygen atoms in total. The van der Waals surface area contributed by atoms with E-state index in [1.807, 2.05) is 0 Å². The lowest BCUT2D eigenvalue weighted by Crippen LogP contribution is -2.28. The van der Waals surface area contributed by atoms with Gasteiger partial charge in [0.1, 0.15) is 0 Å². The number of benzene rings is 1. The SMILES string of the molecule is Cc1cccc(C)c1C=CC1CCCNC1. The molecule has 0 radical (unpaired) electrons. The predicted octanol–water partition coefficient (Wildman–Crippen LogP) is 3.32. The Morgan fingerprint density at radius 2 is 2.00 bits per heavy atom. The number of nitrogens with one attached hydrogen (secondary N) is 1. The van der Waals surface area contributed by atoms with Gasteiger partial charge in [-0.3, -0.25) is 0 Å². The van der Waals surface area contributed by atoms with Crippen LogP contribution in [0.1, 0.15) is 29.5 Å². The number of hydrogen-bond acceptors (Lipinski definition) is 1. The summed E-state index contributed by atoms with van der Waals surface area (Å²) in [5, 5.41) is 3.45. The second-order valence-corrected chi connectivity index (χ2v) is 4.77. The average Bonchev–Trinajstić information content (AvgIpc) is 2.30. The summed E-state index contributed by atoms with van der Waals surface area (Å²) in [5.41, 5.74) is 4.15. The van der Waals surface area contributed by atoms with Crippen molar-refractivity contribution in [3.8, 4) is 0 Å². The first-order valence-electron chi connectivity index (χ1n) is 6.22. The first-order chi connectivity index (χ1) is 7.77. The molecule has 0 aliphatic carbocycles. The maximum Gasteiger partial charge on any atom is 0.00143 e. The van der Waals surface area contributed by atoms with Crippen molar-refractivity contribution in [2.24, 2.45) is 5.92 Å². The highest BCUT2D eigenvalue weighted by Gasteiger charge is 2.09. The Hall–Kier alpha value is -1.08. The minimum absolute atomic E-state index is 0.716. The van der Waals surface area contributed by atoms with Crippen LogP contribution in [-0.4, -0.2) is 13.1 Å². The first-order valence-corrected chi connectivity index (χ1v) is 6.22. The third-order valence-electron chi connectivity index (χ3n) is 3.41. The van der Waals surface area contributed by atoms with Gasteiger partial charge in [0.15, 0.2) is 0 Å². The lowest BCUT2D eigenvalue weighted by molar-refractivity contribution is 0.439. The van der Waals surface area contributed by atoms with Crippen LogP contribution in [0.5, 0.6) is 0 Å². The van der Waals surface area contributed by atoms with Crippen molar-refractivity contribution in [2.45, 2.75) is 26.7 Å². The fraction of sp³-hybridized carbons (Fsp3) is 0.467. The first kappa shape index (κ1) is 11.4. The zero-order chi connectivity index (χ0) is 11.4. The lowest BCUT2D eigenvalue weighted by Gasteiger charge is -2.19. The van der Waals surface area contributed by atoms with Crippen LogP contribution in [0.25, 0.3) is 6.08 Å². The molecule has 1 atom stereocenters. The molecule has 1 fully saturated rings. The molecule has 0 bridgehead atoms. The molecule has 1 N–H and O–H groups in total. The van der Waals surface area contributed by atoms with Crippen LogP contribution in [0.4, 0.5) is 0 Å². The Morgan fingerprint density at radius 3 is 2.62 bits per heavy atom. The zero-order valence-corrected chi connectivity index (χ0v) is 10.3. The van der Waals surface area contributed by atoms with Crippen molar-refractivity contribution in [3.63, 3.8) is 0 Å². The minimum Gasteiger partial charge on any atom is -0.316 e. The van der Waals surface area contributed by atoms with Gasteiger partial charge < -0.3 is 5.32 Å². The number of aryl methyl sites for hydroxylation is 2. The van der Waals surface area contributed by atoms with Gasteiger partial charge in [0.05, 0.1) is 0 Å². The summed E-state index contributed by atoms with van der Waals surface area (Å²) in [4.78, 5) is 0. The van der Waals surface area contributed by atoms with Crippen LogP contribution in [0.15, 0.2) is 24.3 Å². The van der Waals surface area contributed by atoms with Gasteiger partial charge in [-0.1, -0.05) is 30.4 Å². The average molecular weight is 215 g/mol. The molecular weight excluding hydrogens is 194 g/mol. The lowest BCUT2D eigenvalue weighted by atomic mass is 9.96. The Kier molecular flexibility index (Phi) is 3.79. The molecule has 1 aliphatic rings. The second kappa shape index (κ2) is 5.31. The van der Waals surface area contributed by atoms with Gasteiger partial charge >= 0.3 is 0 Å². The number of rotatable bonds is 2. The maximum absolute atomic E-state index is 3.45. The Balaban J connectivity index is 2.10. The van der Waals surface area contributed by atoms with Gasteiger partial charge in [0.25, 0.3) is 0 Å². The normalized spacial score (nSPS) is 21.5. The summed E-state index contributed by atoms with van der Waals surface area (Å²) in [6.45, 7) is 6.70. The molecule has 1 heteroatoms. The van der Waals surface area contributed by atoms with E-state index in [4.69, 9.17) is 0 Å². The molecule has 16 heavy (non-hydrogen) atoms. The molecule has 1 aromatic rings. The van der Waals surface area contributed by atoms with E-state index in [-0.39, 0.29) is 0 Å². The van der Waals surface area contributed by atoms with E-state index in [1.165, 1.54) is 36.1 Å². The fourth-order valence-corrected chi connectivity index (χ4v) is 2.37. The van der Waals surface area contributed by atoms with Gasteiger partial charge in [-0.05, 0) is 55.8 Å². The molecule has 0 amide bonds. The van der Waals surface area contributed by atoms with Crippen molar-refractivity contribution in [1.82, 2.24) is 5.32 Å². The van der Waals surface area contributed by atoms with E-state index in [1.54, 1.807) is 0 Å². The number of piperidine rings is 1. The van der Waals surface area contributed by atoms with Gasteiger partial charge in [0.2, 0.25) is 0 Å². The van der Waals surface area contributed by atoms with Crippen LogP contribution in [0.3, 0.4) is 0 Å². The van der Waals surface area contributed by atoms with Crippen LogP contribution in [0.2, 0.25) is 0 Å². The molecule has 1 aromatic carbocycles. The Labute approximate surface area is 98.6 Å². The quantitative estimate of drug-likeness (QED) is 0.798. The van der Waals surface area contributed by atoms with Crippen molar-refractivity contribution >= 4 is 6.08 Å². The Morgan fingerprint density at radius 1 is 1.25 bits per heavy atom. The maximum atomic E-state index is 3.45. The summed E-state index contributed by atoms with van der Waals surface area (Å²) in [5.74, 6) is 0.716. The standard InChI is InChI=1S/C15H21N/c1-12-5-3-6-13(2)15(12)9-8-14-7-4-10-16-11-14/h3,5-6,8-9,14,16H,4,7,10-11H2,1-2H3. The van der Waals surface area contributed by atoms with Gasteiger partial charge in [-0.25, -0.2) is 0 Å². The molecule has 1 saturated heterocycles. The van der Waals surface area contributed by atoms with Crippen LogP contribution in [-0.2, 0) is 0 Å². The van der Waals surface area contributed by atoms with Crippen LogP contribution >= 0.6 is 0 Å². The highest BCUT2D eigenvalue weighted by Crippen LogP contribution is 2.18. The summed E-state index contributed by atoms with van der Waals surface area (Å²) < 4.78 is 0. The fourth-order valence-electron chi connectivity index (χ4n) is 2.37. The van der Waals surface area contributed by atoms with E-state index in [0.29, 0.717) is 5.92 Å². The molecule has 86 valence electrons. The second-order valence-electron chi connectivity index (χ2n) is 4.77. The molecule has 1 aliphatic heterocycles. The molecule has 1 unspecified atom stereocenters. The molecule has 0 saturated carbocycles. The summed E-state index contributed by atoms with van der Waals surface area (Å²) in [6.07, 6.45) is 7.32. The third kappa shape index (κ3) is 2.73. The van der Waals surface area contributed by atoms with Crippen LogP contribution < -0.4 is 5.32 Å². The molecule has 0 aromatic heterocycles. The summed E-state index contributed by atoms with van der Waals surface area (Å²) >= 11 is 0. The van der Waals surface area contributed by atoms with E-state index in [2.05, 4.69) is 49.5 Å². The largest absolute Gasteiger partial charge is 0.316 e. The van der Waals surface area contributed by atoms with Crippen LogP contribution in [0, 0.1) is 19.8 Å². The highest BCUT2D eigenvalue weighted by molar-refractivity contribution is 5.57. The number of hydrogen-bond donors (Lipinski definition) is 1. The zero-order valence-electron chi connectivity index (χ0n) is 10.3. The minimum atomic E-state index is 0.716. The summed E-state index contributed by atoms with van der Waals surface area (Å²) in [7, 11) is 0. The van der Waals surface area contributed by atoms with Crippen molar-refractivity contribution in [1.29, 1.82) is 0 Å². The monoisotopic (exact) mass is 215 g/mol. The van der Waals surface area contributed by atoms with Crippen molar-refractivity contribution in [2.75, 3.05) is 13.1 Å². The summed E-state index contributed by atoms with van der Waals surface area (Å²) in [6, 6.07) is 6.50. The van der Waals surface area contributed by atoms with E-state index in [0.717, 1.165) is 6.54 Å². The van der Waals surface area contributed by atoms with E-state index < -0.39 is 0 Å².